The monoisotopic (exact) mass is 757 g/mol. The Morgan fingerprint density at radius 1 is 1.17 bits per heavy atom. The zero-order valence-corrected chi connectivity index (χ0v) is 30.7. The van der Waals surface area contributed by atoms with Gasteiger partial charge in [-0.25, -0.2) is 0 Å². The maximum absolute atomic E-state index is 15.0. The van der Waals surface area contributed by atoms with Gasteiger partial charge in [0.15, 0.2) is 0 Å². The standard InChI is InChI=1S/C31H37F4N2.C3H6.Hg/c1-6-21(27-18-30(4,5)31(27,34)35)12-17-26-20(3)37(19-36-28(26)7-2)29(22-8-13-24(32)14-9-22)23-10-15-25(33)16-11-23;1-3-2;/h8-10,13-16,21,23,27,29H,3,6-7,11-12,17-18H2,1-2,4-5H3;3H,1H2,2H3;. The second-order valence-corrected chi connectivity index (χ2v) is 14.4. The summed E-state index contributed by atoms with van der Waals surface area (Å²) in [5, 5.41) is 0. The van der Waals surface area contributed by atoms with E-state index in [0.29, 0.717) is 32.1 Å². The second kappa shape index (κ2) is 14.0. The first-order chi connectivity index (χ1) is 19.3. The van der Waals surface area contributed by atoms with Crippen molar-refractivity contribution in [1.82, 2.24) is 4.90 Å². The van der Waals surface area contributed by atoms with Gasteiger partial charge in [0.2, 0.25) is 0 Å². The van der Waals surface area contributed by atoms with E-state index >= 15 is 0 Å². The third kappa shape index (κ3) is 7.17. The fraction of sp³-hybridized carbons (Fsp3) is 0.500. The second-order valence-electron chi connectivity index (χ2n) is 11.9. The molecule has 7 heteroatoms. The molecule has 219 valence electrons. The van der Waals surface area contributed by atoms with Crippen LogP contribution in [0.3, 0.4) is 0 Å². The Labute approximate surface area is 260 Å². The molecule has 2 nitrogen and oxygen atoms in total. The number of amidine groups is 1. The van der Waals surface area contributed by atoms with Crippen LogP contribution in [0.15, 0.2) is 89.5 Å². The van der Waals surface area contributed by atoms with Crippen LogP contribution >= 0.6 is 0 Å². The molecule has 1 aromatic rings. The molecule has 4 unspecified atom stereocenters. The molecule has 0 saturated heterocycles. The SMILES string of the molecule is C=C1C(CCC(CC)C2CC(C)(C)C2(F)F)=C(CC)N=[C]([Hg])N1C(c1ccc(F)cc1)C1C=CC(F)=CC1.C=CC. The van der Waals surface area contributed by atoms with E-state index in [1.807, 2.05) is 19.9 Å². The molecule has 1 saturated carbocycles. The van der Waals surface area contributed by atoms with Crippen LogP contribution in [-0.4, -0.2) is 14.2 Å². The van der Waals surface area contributed by atoms with E-state index in [9.17, 15) is 17.6 Å². The van der Waals surface area contributed by atoms with Crippen molar-refractivity contribution in [2.75, 3.05) is 0 Å². The zero-order valence-electron chi connectivity index (χ0n) is 25.2. The van der Waals surface area contributed by atoms with E-state index < -0.39 is 17.3 Å². The Hall–Kier alpha value is -1.95. The van der Waals surface area contributed by atoms with Gasteiger partial charge in [0.25, 0.3) is 0 Å². The molecule has 1 aromatic carbocycles. The number of nitrogens with zero attached hydrogens (tertiary/aromatic N) is 2. The van der Waals surface area contributed by atoms with Crippen LogP contribution in [0, 0.1) is 29.0 Å². The Morgan fingerprint density at radius 3 is 2.29 bits per heavy atom. The summed E-state index contributed by atoms with van der Waals surface area (Å²) in [4.78, 5) is 7.20. The van der Waals surface area contributed by atoms with Crippen molar-refractivity contribution in [2.45, 2.75) is 85.1 Å². The molecule has 1 fully saturated rings. The minimum absolute atomic E-state index is 0.0471. The van der Waals surface area contributed by atoms with Crippen molar-refractivity contribution < 1.29 is 43.7 Å². The molecule has 3 aliphatic rings. The molecule has 0 aromatic heterocycles. The molecule has 4 atom stereocenters. The number of halogens is 4. The van der Waals surface area contributed by atoms with E-state index in [0.717, 1.165) is 32.3 Å². The van der Waals surface area contributed by atoms with Crippen LogP contribution in [-0.2, 0) is 26.1 Å². The Balaban J connectivity index is 0.00000147. The van der Waals surface area contributed by atoms with Crippen molar-refractivity contribution in [3.63, 3.8) is 0 Å². The summed E-state index contributed by atoms with van der Waals surface area (Å²) in [6.07, 6.45) is 10.5. The number of allylic oxidation sites excluding steroid dienone is 6. The van der Waals surface area contributed by atoms with Gasteiger partial charge in [0.1, 0.15) is 0 Å². The van der Waals surface area contributed by atoms with Crippen LogP contribution < -0.4 is 0 Å². The van der Waals surface area contributed by atoms with Crippen LogP contribution in [0.4, 0.5) is 17.6 Å². The first kappa shape index (κ1) is 33.5. The minimum Gasteiger partial charge on any atom is -0.103 e. The van der Waals surface area contributed by atoms with Gasteiger partial charge in [-0.15, -0.1) is 6.58 Å². The summed E-state index contributed by atoms with van der Waals surface area (Å²) in [5.41, 5.74) is 2.82. The van der Waals surface area contributed by atoms with Gasteiger partial charge in [0, 0.05) is 0 Å². The van der Waals surface area contributed by atoms with Crippen LogP contribution in [0.1, 0.15) is 84.7 Å². The van der Waals surface area contributed by atoms with Crippen molar-refractivity contribution in [3.05, 3.63) is 95.9 Å². The van der Waals surface area contributed by atoms with Gasteiger partial charge in [-0.05, 0) is 6.92 Å². The van der Waals surface area contributed by atoms with Gasteiger partial charge in [-0.3, -0.25) is 0 Å². The fourth-order valence-corrected chi connectivity index (χ4v) is 8.66. The normalized spacial score (nSPS) is 24.5. The van der Waals surface area contributed by atoms with Gasteiger partial charge in [-0.1, -0.05) is 6.08 Å². The predicted octanol–water partition coefficient (Wildman–Crippen LogP) is 10.4. The average Bonchev–Trinajstić information content (AvgIpc) is 2.93. The molecule has 4 rings (SSSR count). The summed E-state index contributed by atoms with van der Waals surface area (Å²) in [7, 11) is 0. The van der Waals surface area contributed by atoms with Crippen LogP contribution in [0.25, 0.3) is 0 Å². The van der Waals surface area contributed by atoms with E-state index in [2.05, 4.69) is 25.0 Å². The molecule has 0 bridgehead atoms. The van der Waals surface area contributed by atoms with Crippen molar-refractivity contribution >= 4 is 3.34 Å². The molecule has 2 aliphatic carbocycles. The molecular weight excluding hydrogens is 713 g/mol. The summed E-state index contributed by atoms with van der Waals surface area (Å²) < 4.78 is 58.6. The number of hydrogen-bond donors (Lipinski definition) is 0. The number of hydrogen-bond acceptors (Lipinski definition) is 2. The van der Waals surface area contributed by atoms with Crippen molar-refractivity contribution in [1.29, 1.82) is 0 Å². The van der Waals surface area contributed by atoms with E-state index in [1.165, 1.54) is 18.2 Å². The fourth-order valence-electron chi connectivity index (χ4n) is 6.41. The number of benzene rings is 1. The first-order valence-corrected chi connectivity index (χ1v) is 17.4. The van der Waals surface area contributed by atoms with E-state index in [-0.39, 0.29) is 55.6 Å². The Bertz CT molecular complexity index is 1230. The van der Waals surface area contributed by atoms with Crippen molar-refractivity contribution in [2.24, 2.45) is 28.2 Å². The minimum atomic E-state index is -2.66. The summed E-state index contributed by atoms with van der Waals surface area (Å²) in [6, 6.07) is 6.25. The van der Waals surface area contributed by atoms with Crippen molar-refractivity contribution in [3.8, 4) is 0 Å². The van der Waals surface area contributed by atoms with E-state index in [4.69, 9.17) is 4.99 Å². The van der Waals surface area contributed by atoms with Gasteiger partial charge in [0.05, 0.1) is 0 Å². The molecule has 0 spiro atoms. The largest absolute Gasteiger partial charge is 0.103 e. The number of aliphatic imine (C=N–C) groups is 1. The summed E-state index contributed by atoms with van der Waals surface area (Å²) in [6.45, 7) is 17.2. The number of rotatable bonds is 9. The molecule has 1 heterocycles. The molecule has 1 aliphatic heterocycles. The van der Waals surface area contributed by atoms with Gasteiger partial charge >= 0.3 is 242 Å². The maximum Gasteiger partial charge on any atom is -0.0473 e. The first-order valence-electron chi connectivity index (χ1n) is 14.7. The quantitative estimate of drug-likeness (QED) is 0.139. The molecule has 0 radical (unpaired) electrons. The topological polar surface area (TPSA) is 15.6 Å². The summed E-state index contributed by atoms with van der Waals surface area (Å²) >= 11 is 0.150. The zero-order chi connectivity index (χ0) is 30.5. The Morgan fingerprint density at radius 2 is 1.80 bits per heavy atom. The Kier molecular flexibility index (Phi) is 11.5. The predicted molar refractivity (Wildman–Crippen MR) is 157 cm³/mol. The molecular formula is C34H43F4HgN2. The van der Waals surface area contributed by atoms with Crippen LogP contribution in [0.2, 0.25) is 0 Å². The van der Waals surface area contributed by atoms with Gasteiger partial charge in [-0.2, -0.15) is 0 Å². The molecule has 0 amide bonds. The summed E-state index contributed by atoms with van der Waals surface area (Å²) in [5.74, 6) is -3.93. The molecule has 0 N–H and O–H groups in total. The smallest absolute Gasteiger partial charge is 0.0473 e. The maximum atomic E-state index is 15.0. The number of alkyl halides is 2. The third-order valence-electron chi connectivity index (χ3n) is 8.80. The molecule has 41 heavy (non-hydrogen) atoms. The van der Waals surface area contributed by atoms with Crippen LogP contribution in [0.5, 0.6) is 0 Å². The van der Waals surface area contributed by atoms with E-state index in [1.54, 1.807) is 38.1 Å². The van der Waals surface area contributed by atoms with Gasteiger partial charge < -0.3 is 0 Å². The average molecular weight is 756 g/mol. The third-order valence-corrected chi connectivity index (χ3v) is 10.7.